The zero-order valence-electron chi connectivity index (χ0n) is 10.1. The molecule has 0 radical (unpaired) electrons. The topological polar surface area (TPSA) is 51.0 Å². The summed E-state index contributed by atoms with van der Waals surface area (Å²) in [4.78, 5) is 3.24. The number of nitrogens with two attached hydrogens (primary N) is 1. The summed E-state index contributed by atoms with van der Waals surface area (Å²) in [5, 5.41) is 1.26. The number of H-pyrrole nitrogens is 1. The van der Waals surface area contributed by atoms with Gasteiger partial charge in [0, 0.05) is 17.1 Å². The highest BCUT2D eigenvalue weighted by Crippen LogP contribution is 2.37. The van der Waals surface area contributed by atoms with Crippen LogP contribution >= 0.6 is 0 Å². The number of methoxy groups -OCH3 is 1. The quantitative estimate of drug-likeness (QED) is 0.848. The Bertz CT molecular complexity index is 540. The molecule has 0 atom stereocenters. The Balaban J connectivity index is 1.91. The first-order valence-corrected chi connectivity index (χ1v) is 6.14. The van der Waals surface area contributed by atoms with Gasteiger partial charge in [-0.05, 0) is 43.4 Å². The van der Waals surface area contributed by atoms with Crippen LogP contribution in [0.1, 0.15) is 24.8 Å². The van der Waals surface area contributed by atoms with Crippen LogP contribution in [-0.2, 0) is 6.42 Å². The molecule has 0 saturated heterocycles. The average molecular weight is 230 g/mol. The summed E-state index contributed by atoms with van der Waals surface area (Å²) in [5.41, 5.74) is 8.71. The first-order valence-electron chi connectivity index (χ1n) is 6.14. The molecule has 1 aliphatic rings. The molecule has 3 heteroatoms. The summed E-state index contributed by atoms with van der Waals surface area (Å²) in [6.45, 7) is 0. The molecule has 0 unspecified atom stereocenters. The maximum atomic E-state index is 6.14. The summed E-state index contributed by atoms with van der Waals surface area (Å²) in [5.74, 6) is 0.905. The Hall–Kier alpha value is -1.48. The predicted molar refractivity (Wildman–Crippen MR) is 69.3 cm³/mol. The highest BCUT2D eigenvalue weighted by molar-refractivity contribution is 5.88. The number of benzene rings is 1. The van der Waals surface area contributed by atoms with Crippen molar-refractivity contribution in [2.24, 2.45) is 5.73 Å². The largest absolute Gasteiger partial charge is 0.495 e. The Morgan fingerprint density at radius 1 is 1.35 bits per heavy atom. The fraction of sp³-hybridized carbons (Fsp3) is 0.429. The number of hydrogen-bond donors (Lipinski definition) is 2. The maximum absolute atomic E-state index is 6.14. The van der Waals surface area contributed by atoms with Gasteiger partial charge in [0.25, 0.3) is 0 Å². The number of aromatic nitrogens is 1. The zero-order valence-corrected chi connectivity index (χ0v) is 10.1. The molecule has 1 fully saturated rings. The van der Waals surface area contributed by atoms with Gasteiger partial charge in [-0.2, -0.15) is 0 Å². The number of nitrogens with one attached hydrogen (secondary N) is 1. The van der Waals surface area contributed by atoms with Crippen molar-refractivity contribution < 1.29 is 4.74 Å². The van der Waals surface area contributed by atoms with Crippen molar-refractivity contribution in [1.29, 1.82) is 0 Å². The van der Waals surface area contributed by atoms with Crippen LogP contribution in [0.25, 0.3) is 10.9 Å². The number of hydrogen-bond acceptors (Lipinski definition) is 2. The molecule has 3 nitrogen and oxygen atoms in total. The van der Waals surface area contributed by atoms with Crippen LogP contribution < -0.4 is 10.5 Å². The molecule has 3 N–H and O–H groups in total. The van der Waals surface area contributed by atoms with Gasteiger partial charge < -0.3 is 15.5 Å². The highest BCUT2D eigenvalue weighted by atomic mass is 16.5. The monoisotopic (exact) mass is 230 g/mol. The Labute approximate surface area is 101 Å². The van der Waals surface area contributed by atoms with Gasteiger partial charge >= 0.3 is 0 Å². The first kappa shape index (κ1) is 10.7. The molecule has 1 aromatic carbocycles. The third kappa shape index (κ3) is 1.91. The van der Waals surface area contributed by atoms with E-state index in [0.717, 1.165) is 24.1 Å². The lowest BCUT2D eigenvalue weighted by atomic mass is 10.0. The van der Waals surface area contributed by atoms with Crippen LogP contribution in [-0.4, -0.2) is 17.6 Å². The van der Waals surface area contributed by atoms with Crippen molar-refractivity contribution in [2.45, 2.75) is 31.2 Å². The standard InChI is InChI=1S/C14H18N2O/c1-17-12-3-2-10(4-6-14(15)7-8-14)11-5-9-16-13(11)12/h2-3,5,9,16H,4,6-8,15H2,1H3. The van der Waals surface area contributed by atoms with E-state index in [2.05, 4.69) is 17.1 Å². The van der Waals surface area contributed by atoms with E-state index in [-0.39, 0.29) is 5.54 Å². The molecule has 1 aliphatic carbocycles. The minimum absolute atomic E-state index is 0.128. The smallest absolute Gasteiger partial charge is 0.142 e. The number of ether oxygens (including phenoxy) is 1. The van der Waals surface area contributed by atoms with Gasteiger partial charge in [0.2, 0.25) is 0 Å². The van der Waals surface area contributed by atoms with Crippen LogP contribution in [0, 0.1) is 0 Å². The lowest BCUT2D eigenvalue weighted by molar-refractivity contribution is 0.419. The van der Waals surface area contributed by atoms with Gasteiger partial charge in [-0.25, -0.2) is 0 Å². The van der Waals surface area contributed by atoms with Crippen molar-refractivity contribution >= 4 is 10.9 Å². The summed E-state index contributed by atoms with van der Waals surface area (Å²) in [6, 6.07) is 6.30. The maximum Gasteiger partial charge on any atom is 0.142 e. The van der Waals surface area contributed by atoms with Gasteiger partial charge in [0.05, 0.1) is 12.6 Å². The van der Waals surface area contributed by atoms with E-state index in [1.807, 2.05) is 12.3 Å². The molecule has 3 rings (SSSR count). The first-order chi connectivity index (χ1) is 8.22. The summed E-state index contributed by atoms with van der Waals surface area (Å²) < 4.78 is 5.34. The van der Waals surface area contributed by atoms with Crippen molar-refractivity contribution in [3.63, 3.8) is 0 Å². The van der Waals surface area contributed by atoms with Crippen LogP contribution in [0.3, 0.4) is 0 Å². The lowest BCUT2D eigenvalue weighted by Gasteiger charge is -2.10. The van der Waals surface area contributed by atoms with E-state index in [1.54, 1.807) is 7.11 Å². The van der Waals surface area contributed by atoms with Gasteiger partial charge in [0.15, 0.2) is 0 Å². The Morgan fingerprint density at radius 2 is 2.18 bits per heavy atom. The average Bonchev–Trinajstić information content (AvgIpc) is 2.89. The highest BCUT2D eigenvalue weighted by Gasteiger charge is 2.37. The van der Waals surface area contributed by atoms with Gasteiger partial charge in [-0.15, -0.1) is 0 Å². The number of aromatic amines is 1. The zero-order chi connectivity index (χ0) is 11.9. The van der Waals surface area contributed by atoms with Crippen LogP contribution in [0.15, 0.2) is 24.4 Å². The number of aryl methyl sites for hydroxylation is 1. The van der Waals surface area contributed by atoms with Crippen molar-refractivity contribution in [1.82, 2.24) is 4.98 Å². The molecule has 0 bridgehead atoms. The third-order valence-corrected chi connectivity index (χ3v) is 3.78. The molecule has 90 valence electrons. The lowest BCUT2D eigenvalue weighted by Crippen LogP contribution is -2.22. The predicted octanol–water partition coefficient (Wildman–Crippen LogP) is 2.60. The molecular weight excluding hydrogens is 212 g/mol. The molecule has 0 amide bonds. The molecule has 2 aromatic rings. The van der Waals surface area contributed by atoms with Gasteiger partial charge in [0.1, 0.15) is 5.75 Å². The second-order valence-corrected chi connectivity index (χ2v) is 5.06. The molecule has 1 heterocycles. The van der Waals surface area contributed by atoms with Crippen molar-refractivity contribution in [3.8, 4) is 5.75 Å². The number of fused-ring (bicyclic) bond motifs is 1. The van der Waals surface area contributed by atoms with Gasteiger partial charge in [-0.3, -0.25) is 0 Å². The molecule has 17 heavy (non-hydrogen) atoms. The van der Waals surface area contributed by atoms with Gasteiger partial charge in [-0.1, -0.05) is 6.07 Å². The molecule has 1 aromatic heterocycles. The van der Waals surface area contributed by atoms with E-state index in [0.29, 0.717) is 0 Å². The minimum atomic E-state index is 0.128. The molecule has 1 saturated carbocycles. The summed E-state index contributed by atoms with van der Waals surface area (Å²) >= 11 is 0. The fourth-order valence-electron chi connectivity index (χ4n) is 2.37. The van der Waals surface area contributed by atoms with E-state index >= 15 is 0 Å². The van der Waals surface area contributed by atoms with E-state index in [1.165, 1.54) is 23.8 Å². The van der Waals surface area contributed by atoms with Crippen molar-refractivity contribution in [2.75, 3.05) is 7.11 Å². The molecular formula is C14H18N2O. The summed E-state index contributed by atoms with van der Waals surface area (Å²) in [6.07, 6.45) is 6.46. The molecule has 0 spiro atoms. The Morgan fingerprint density at radius 3 is 2.88 bits per heavy atom. The number of rotatable bonds is 4. The second-order valence-electron chi connectivity index (χ2n) is 5.06. The third-order valence-electron chi connectivity index (χ3n) is 3.78. The normalized spacial score (nSPS) is 17.3. The van der Waals surface area contributed by atoms with E-state index in [9.17, 15) is 0 Å². The van der Waals surface area contributed by atoms with Crippen LogP contribution in [0.2, 0.25) is 0 Å². The van der Waals surface area contributed by atoms with Crippen molar-refractivity contribution in [3.05, 3.63) is 30.0 Å². The fourth-order valence-corrected chi connectivity index (χ4v) is 2.37. The van der Waals surface area contributed by atoms with E-state index in [4.69, 9.17) is 10.5 Å². The van der Waals surface area contributed by atoms with Crippen LogP contribution in [0.5, 0.6) is 5.75 Å². The van der Waals surface area contributed by atoms with Crippen LogP contribution in [0.4, 0.5) is 0 Å². The molecule has 0 aliphatic heterocycles. The minimum Gasteiger partial charge on any atom is -0.495 e. The SMILES string of the molecule is COc1ccc(CCC2(N)CC2)c2cc[nH]c12. The summed E-state index contributed by atoms with van der Waals surface area (Å²) in [7, 11) is 1.70. The van der Waals surface area contributed by atoms with E-state index < -0.39 is 0 Å². The second kappa shape index (κ2) is 3.77. The Kier molecular flexibility index (Phi) is 2.37.